The minimum atomic E-state index is -0.906. The molecule has 1 aromatic heterocycles. The first kappa shape index (κ1) is 19.2. The number of allylic oxidation sites excluding steroid dienone is 2. The standard InChI is InChI=1S/C22H26N2O3S/c1-22(2,3)13-6-7-14-15(10-23)20(28-16(14)9-13)24-19(25)17-11-4-5-12(8-11)18(17)21(26)27/h4-5,11-13,17-18H,6-9H2,1-3H3,(H,24,25)(H,26,27)/t11-,12+,13+,17-,18+/m1/s1. The van der Waals surface area contributed by atoms with E-state index in [9.17, 15) is 20.0 Å². The third-order valence-electron chi connectivity index (χ3n) is 6.89. The van der Waals surface area contributed by atoms with Gasteiger partial charge in [0.15, 0.2) is 0 Å². The van der Waals surface area contributed by atoms with Crippen molar-refractivity contribution in [3.05, 3.63) is 28.2 Å². The Kier molecular flexibility index (Phi) is 4.62. The van der Waals surface area contributed by atoms with Crippen LogP contribution in [-0.4, -0.2) is 17.0 Å². The van der Waals surface area contributed by atoms with E-state index in [4.69, 9.17) is 0 Å². The average molecular weight is 399 g/mol. The number of thiophene rings is 1. The van der Waals surface area contributed by atoms with Crippen LogP contribution in [-0.2, 0) is 22.4 Å². The van der Waals surface area contributed by atoms with E-state index in [0.29, 0.717) is 16.5 Å². The summed E-state index contributed by atoms with van der Waals surface area (Å²) in [5.41, 5.74) is 1.86. The SMILES string of the molecule is CC(C)(C)[C@H]1CCc2c(sc(NC(=O)[C@H]3[C@@H](C(=O)O)[C@H]4C=C[C@@H]3C4)c2C#N)C1. The van der Waals surface area contributed by atoms with Gasteiger partial charge in [-0.3, -0.25) is 9.59 Å². The van der Waals surface area contributed by atoms with Crippen molar-refractivity contribution in [2.45, 2.75) is 46.5 Å². The van der Waals surface area contributed by atoms with Crippen LogP contribution in [0, 0.1) is 46.3 Å². The molecule has 0 saturated heterocycles. The number of hydrogen-bond acceptors (Lipinski definition) is 4. The second kappa shape index (κ2) is 6.73. The number of aliphatic carboxylic acids is 1. The number of rotatable bonds is 3. The number of nitrogens with one attached hydrogen (secondary N) is 1. The number of fused-ring (bicyclic) bond motifs is 3. The molecule has 148 valence electrons. The predicted octanol–water partition coefficient (Wildman–Crippen LogP) is 4.23. The Morgan fingerprint density at radius 3 is 2.54 bits per heavy atom. The van der Waals surface area contributed by atoms with Crippen molar-refractivity contribution in [2.24, 2.45) is 35.0 Å². The third-order valence-corrected chi connectivity index (χ3v) is 8.06. The summed E-state index contributed by atoms with van der Waals surface area (Å²) >= 11 is 1.50. The zero-order valence-corrected chi connectivity index (χ0v) is 17.3. The van der Waals surface area contributed by atoms with Crippen molar-refractivity contribution in [3.8, 4) is 6.07 Å². The van der Waals surface area contributed by atoms with Gasteiger partial charge in [0, 0.05) is 4.88 Å². The molecule has 6 heteroatoms. The number of anilines is 1. The third kappa shape index (κ3) is 3.06. The molecule has 0 radical (unpaired) electrons. The fraction of sp³-hybridized carbons (Fsp3) is 0.591. The van der Waals surface area contributed by atoms with Gasteiger partial charge in [-0.2, -0.15) is 5.26 Å². The van der Waals surface area contributed by atoms with Crippen molar-refractivity contribution < 1.29 is 14.7 Å². The molecular weight excluding hydrogens is 372 g/mol. The highest BCUT2D eigenvalue weighted by atomic mass is 32.1. The van der Waals surface area contributed by atoms with Crippen molar-refractivity contribution in [1.29, 1.82) is 5.26 Å². The van der Waals surface area contributed by atoms with Gasteiger partial charge in [0.1, 0.15) is 11.1 Å². The number of hydrogen-bond donors (Lipinski definition) is 2. The molecule has 5 atom stereocenters. The van der Waals surface area contributed by atoms with Crippen molar-refractivity contribution in [1.82, 2.24) is 0 Å². The summed E-state index contributed by atoms with van der Waals surface area (Å²) in [7, 11) is 0. The van der Waals surface area contributed by atoms with E-state index in [2.05, 4.69) is 32.2 Å². The van der Waals surface area contributed by atoms with Crippen LogP contribution in [0.1, 0.15) is 49.6 Å². The zero-order chi connectivity index (χ0) is 20.2. The first-order valence-electron chi connectivity index (χ1n) is 9.97. The maximum atomic E-state index is 13.0. The van der Waals surface area contributed by atoms with E-state index < -0.39 is 17.8 Å². The molecule has 0 aliphatic heterocycles. The van der Waals surface area contributed by atoms with E-state index in [1.807, 2.05) is 12.2 Å². The van der Waals surface area contributed by atoms with Crippen LogP contribution >= 0.6 is 11.3 Å². The van der Waals surface area contributed by atoms with Crippen LogP contribution in [0.5, 0.6) is 0 Å². The summed E-state index contributed by atoms with van der Waals surface area (Å²) in [6, 6.07) is 2.29. The smallest absolute Gasteiger partial charge is 0.307 e. The summed E-state index contributed by atoms with van der Waals surface area (Å²) in [6.07, 6.45) is 7.49. The number of nitriles is 1. The number of carbonyl (C=O) groups is 2. The molecule has 4 rings (SSSR count). The Morgan fingerprint density at radius 2 is 1.93 bits per heavy atom. The lowest BCUT2D eigenvalue weighted by Crippen LogP contribution is -2.36. The van der Waals surface area contributed by atoms with Crippen molar-refractivity contribution in [3.63, 3.8) is 0 Å². The second-order valence-corrected chi connectivity index (χ2v) is 10.6. The number of amides is 1. The number of carboxylic acids is 1. The lowest BCUT2D eigenvalue weighted by Gasteiger charge is -2.33. The number of nitrogens with zero attached hydrogens (tertiary/aromatic N) is 1. The maximum Gasteiger partial charge on any atom is 0.307 e. The zero-order valence-electron chi connectivity index (χ0n) is 16.5. The van der Waals surface area contributed by atoms with Gasteiger partial charge in [-0.25, -0.2) is 0 Å². The van der Waals surface area contributed by atoms with E-state index in [-0.39, 0.29) is 23.2 Å². The van der Waals surface area contributed by atoms with Gasteiger partial charge in [-0.1, -0.05) is 32.9 Å². The molecule has 1 heterocycles. The average Bonchev–Trinajstić information content (AvgIpc) is 3.31. The molecule has 3 aliphatic carbocycles. The van der Waals surface area contributed by atoms with Gasteiger partial charge in [-0.05, 0) is 54.4 Å². The topological polar surface area (TPSA) is 90.2 Å². The van der Waals surface area contributed by atoms with E-state index in [1.54, 1.807) is 0 Å². The van der Waals surface area contributed by atoms with Gasteiger partial charge in [0.25, 0.3) is 0 Å². The highest BCUT2D eigenvalue weighted by Crippen LogP contribution is 2.49. The largest absolute Gasteiger partial charge is 0.481 e. The van der Waals surface area contributed by atoms with Crippen LogP contribution in [0.4, 0.5) is 5.00 Å². The normalized spacial score (nSPS) is 30.7. The van der Waals surface area contributed by atoms with Gasteiger partial charge in [0.2, 0.25) is 5.91 Å². The first-order chi connectivity index (χ1) is 13.2. The highest BCUT2D eigenvalue weighted by Gasteiger charge is 2.51. The van der Waals surface area contributed by atoms with Gasteiger partial charge in [0.05, 0.1) is 17.4 Å². The summed E-state index contributed by atoms with van der Waals surface area (Å²) in [4.78, 5) is 25.9. The molecule has 0 spiro atoms. The molecule has 28 heavy (non-hydrogen) atoms. The molecule has 0 unspecified atom stereocenters. The van der Waals surface area contributed by atoms with Crippen LogP contribution in [0.25, 0.3) is 0 Å². The van der Waals surface area contributed by atoms with E-state index in [0.717, 1.165) is 31.2 Å². The Balaban J connectivity index is 1.59. The molecule has 1 aromatic rings. The van der Waals surface area contributed by atoms with Gasteiger partial charge < -0.3 is 10.4 Å². The molecule has 1 fully saturated rings. The van der Waals surface area contributed by atoms with Gasteiger partial charge >= 0.3 is 5.97 Å². The van der Waals surface area contributed by atoms with E-state index in [1.165, 1.54) is 16.2 Å². The van der Waals surface area contributed by atoms with Crippen molar-refractivity contribution in [2.75, 3.05) is 5.32 Å². The van der Waals surface area contributed by atoms with Crippen LogP contribution in [0.2, 0.25) is 0 Å². The molecule has 2 N–H and O–H groups in total. The summed E-state index contributed by atoms with van der Waals surface area (Å²) < 4.78 is 0. The summed E-state index contributed by atoms with van der Waals surface area (Å²) in [5, 5.41) is 22.9. The van der Waals surface area contributed by atoms with Gasteiger partial charge in [-0.15, -0.1) is 11.3 Å². The first-order valence-corrected chi connectivity index (χ1v) is 10.8. The van der Waals surface area contributed by atoms with Crippen LogP contribution < -0.4 is 5.32 Å². The molecule has 0 aromatic carbocycles. The fourth-order valence-electron chi connectivity index (χ4n) is 5.24. The Labute approximate surface area is 169 Å². The lowest BCUT2D eigenvalue weighted by atomic mass is 9.72. The summed E-state index contributed by atoms with van der Waals surface area (Å²) in [6.45, 7) is 6.75. The molecule has 2 bridgehead atoms. The minimum Gasteiger partial charge on any atom is -0.481 e. The highest BCUT2D eigenvalue weighted by molar-refractivity contribution is 7.16. The Bertz CT molecular complexity index is 902. The minimum absolute atomic E-state index is 0.0171. The summed E-state index contributed by atoms with van der Waals surface area (Å²) in [5.74, 6) is -1.90. The Hall–Kier alpha value is -2.13. The maximum absolute atomic E-state index is 13.0. The van der Waals surface area contributed by atoms with E-state index >= 15 is 0 Å². The monoisotopic (exact) mass is 398 g/mol. The second-order valence-electron chi connectivity index (χ2n) is 9.45. The lowest BCUT2D eigenvalue weighted by molar-refractivity contribution is -0.146. The molecule has 5 nitrogen and oxygen atoms in total. The Morgan fingerprint density at radius 1 is 1.25 bits per heavy atom. The molecule has 3 aliphatic rings. The predicted molar refractivity (Wildman–Crippen MR) is 108 cm³/mol. The fourth-order valence-corrected chi connectivity index (χ4v) is 6.52. The van der Waals surface area contributed by atoms with Crippen LogP contribution in [0.3, 0.4) is 0 Å². The van der Waals surface area contributed by atoms with Crippen LogP contribution in [0.15, 0.2) is 12.2 Å². The molecular formula is C22H26N2O3S. The molecule has 1 saturated carbocycles. The number of carboxylic acid groups (broad SMARTS) is 1. The van der Waals surface area contributed by atoms with Crippen molar-refractivity contribution >= 4 is 28.2 Å². The number of carbonyl (C=O) groups excluding carboxylic acids is 1. The molecule has 1 amide bonds. The quantitative estimate of drug-likeness (QED) is 0.746.